The van der Waals surface area contributed by atoms with Gasteiger partial charge in [-0.15, -0.1) is 0 Å². The Labute approximate surface area is 131 Å². The summed E-state index contributed by atoms with van der Waals surface area (Å²) < 4.78 is 30.2. The Morgan fingerprint density at radius 3 is 2.14 bits per heavy atom. The minimum atomic E-state index is -3.99. The Morgan fingerprint density at radius 2 is 1.59 bits per heavy atom. The van der Waals surface area contributed by atoms with Crippen LogP contribution in [0.1, 0.15) is 30.9 Å². The van der Waals surface area contributed by atoms with E-state index in [9.17, 15) is 8.42 Å². The van der Waals surface area contributed by atoms with Crippen molar-refractivity contribution >= 4 is 21.5 Å². The zero-order chi connectivity index (χ0) is 16.5. The topological polar surface area (TPSA) is 95.4 Å². The number of anilines is 2. The maximum Gasteiger partial charge on any atom is 0.339 e. The largest absolute Gasteiger partial charge is 0.398 e. The second-order valence-corrected chi connectivity index (χ2v) is 7.00. The molecule has 5 nitrogen and oxygen atoms in total. The molecule has 0 fully saturated rings. The van der Waals surface area contributed by atoms with Crippen molar-refractivity contribution in [2.75, 3.05) is 11.5 Å². The molecule has 0 saturated carbocycles. The van der Waals surface area contributed by atoms with E-state index in [1.54, 1.807) is 19.1 Å². The number of para-hydroxylation sites is 1. The van der Waals surface area contributed by atoms with Gasteiger partial charge in [0.1, 0.15) is 10.6 Å². The molecule has 0 radical (unpaired) electrons. The first kappa shape index (κ1) is 16.2. The van der Waals surface area contributed by atoms with Crippen LogP contribution < -0.4 is 15.7 Å². The van der Waals surface area contributed by atoms with Gasteiger partial charge < -0.3 is 15.7 Å². The second kappa shape index (κ2) is 5.88. The van der Waals surface area contributed by atoms with Crippen molar-refractivity contribution in [3.8, 4) is 5.75 Å². The van der Waals surface area contributed by atoms with Gasteiger partial charge in [-0.1, -0.05) is 32.0 Å². The number of benzene rings is 2. The quantitative estimate of drug-likeness (QED) is 0.667. The Bertz CT molecular complexity index is 776. The van der Waals surface area contributed by atoms with Gasteiger partial charge in [0.05, 0.1) is 0 Å². The summed E-state index contributed by atoms with van der Waals surface area (Å²) in [5.41, 5.74) is 13.7. The zero-order valence-corrected chi connectivity index (χ0v) is 13.6. The molecule has 0 saturated heterocycles. The van der Waals surface area contributed by atoms with Crippen molar-refractivity contribution in [3.05, 3.63) is 47.5 Å². The lowest BCUT2D eigenvalue weighted by Gasteiger charge is -2.14. The molecule has 22 heavy (non-hydrogen) atoms. The molecular formula is C16H20N2O3S. The Kier molecular flexibility index (Phi) is 4.32. The van der Waals surface area contributed by atoms with Crippen LogP contribution in [-0.4, -0.2) is 8.42 Å². The molecule has 0 aromatic heterocycles. The van der Waals surface area contributed by atoms with E-state index in [1.807, 2.05) is 26.0 Å². The van der Waals surface area contributed by atoms with Crippen LogP contribution in [0.4, 0.5) is 11.4 Å². The molecule has 0 atom stereocenters. The highest BCUT2D eigenvalue weighted by molar-refractivity contribution is 7.87. The number of rotatable bonds is 4. The van der Waals surface area contributed by atoms with Gasteiger partial charge in [0.25, 0.3) is 0 Å². The summed E-state index contributed by atoms with van der Waals surface area (Å²) in [6.45, 7) is 5.67. The van der Waals surface area contributed by atoms with E-state index < -0.39 is 10.1 Å². The van der Waals surface area contributed by atoms with Crippen molar-refractivity contribution in [2.45, 2.75) is 31.6 Å². The van der Waals surface area contributed by atoms with E-state index in [4.69, 9.17) is 15.7 Å². The van der Waals surface area contributed by atoms with Crippen LogP contribution in [0.2, 0.25) is 0 Å². The van der Waals surface area contributed by atoms with Crippen molar-refractivity contribution in [3.63, 3.8) is 0 Å². The first-order chi connectivity index (χ1) is 10.2. The first-order valence-electron chi connectivity index (χ1n) is 6.91. The van der Waals surface area contributed by atoms with Crippen LogP contribution in [-0.2, 0) is 10.1 Å². The summed E-state index contributed by atoms with van der Waals surface area (Å²) in [5, 5.41) is 0. The SMILES string of the molecule is Cc1c(N)cc(S(=O)(=O)Oc2ccccc2C(C)C)cc1N. The van der Waals surface area contributed by atoms with E-state index in [0.717, 1.165) is 5.56 Å². The fourth-order valence-electron chi connectivity index (χ4n) is 2.08. The molecule has 0 aliphatic rings. The lowest BCUT2D eigenvalue weighted by Crippen LogP contribution is -2.12. The number of nitrogen functional groups attached to an aromatic ring is 2. The van der Waals surface area contributed by atoms with Gasteiger partial charge in [-0.05, 0) is 42.2 Å². The van der Waals surface area contributed by atoms with Gasteiger partial charge in [0.15, 0.2) is 0 Å². The molecule has 0 spiro atoms. The average Bonchev–Trinajstić information content (AvgIpc) is 2.44. The van der Waals surface area contributed by atoms with E-state index >= 15 is 0 Å². The Balaban J connectivity index is 2.45. The van der Waals surface area contributed by atoms with E-state index in [2.05, 4.69) is 0 Å². The molecule has 0 unspecified atom stereocenters. The second-order valence-electron chi connectivity index (χ2n) is 5.46. The Morgan fingerprint density at radius 1 is 1.05 bits per heavy atom. The number of hydrogen-bond donors (Lipinski definition) is 2. The van der Waals surface area contributed by atoms with Gasteiger partial charge in [-0.25, -0.2) is 0 Å². The standard InChI is InChI=1S/C16H20N2O3S/c1-10(2)13-6-4-5-7-16(13)21-22(19,20)12-8-14(17)11(3)15(18)9-12/h4-10H,17-18H2,1-3H3. The minimum absolute atomic E-state index is 0.0494. The molecule has 118 valence electrons. The fourth-order valence-corrected chi connectivity index (χ4v) is 3.10. The first-order valence-corrected chi connectivity index (χ1v) is 8.32. The van der Waals surface area contributed by atoms with Gasteiger partial charge in [0.2, 0.25) is 0 Å². The van der Waals surface area contributed by atoms with Crippen LogP contribution in [0.25, 0.3) is 0 Å². The van der Waals surface area contributed by atoms with E-state index in [1.165, 1.54) is 12.1 Å². The average molecular weight is 320 g/mol. The van der Waals surface area contributed by atoms with Gasteiger partial charge in [-0.3, -0.25) is 0 Å². The maximum atomic E-state index is 12.5. The molecule has 4 N–H and O–H groups in total. The smallest absolute Gasteiger partial charge is 0.339 e. The summed E-state index contributed by atoms with van der Waals surface area (Å²) in [7, 11) is -3.99. The summed E-state index contributed by atoms with van der Waals surface area (Å²) >= 11 is 0. The number of hydrogen-bond acceptors (Lipinski definition) is 5. The zero-order valence-electron chi connectivity index (χ0n) is 12.8. The molecule has 6 heteroatoms. The molecular weight excluding hydrogens is 300 g/mol. The van der Waals surface area contributed by atoms with E-state index in [-0.39, 0.29) is 10.8 Å². The highest BCUT2D eigenvalue weighted by Crippen LogP contribution is 2.30. The van der Waals surface area contributed by atoms with Crippen LogP contribution in [0.3, 0.4) is 0 Å². The molecule has 0 amide bonds. The van der Waals surface area contributed by atoms with Crippen LogP contribution in [0, 0.1) is 6.92 Å². The van der Waals surface area contributed by atoms with Crippen LogP contribution in [0.15, 0.2) is 41.3 Å². The lowest BCUT2D eigenvalue weighted by atomic mass is 10.0. The summed E-state index contributed by atoms with van der Waals surface area (Å²) in [5.74, 6) is 0.453. The van der Waals surface area contributed by atoms with E-state index in [0.29, 0.717) is 22.7 Å². The van der Waals surface area contributed by atoms with Crippen LogP contribution in [0.5, 0.6) is 5.75 Å². The number of nitrogens with two attached hydrogens (primary N) is 2. The van der Waals surface area contributed by atoms with Crippen molar-refractivity contribution in [2.24, 2.45) is 0 Å². The summed E-state index contributed by atoms with van der Waals surface area (Å²) in [4.78, 5) is -0.0494. The Hall–Kier alpha value is -2.21. The normalized spacial score (nSPS) is 11.6. The molecule has 2 aromatic carbocycles. The molecule has 0 aliphatic heterocycles. The van der Waals surface area contributed by atoms with Gasteiger partial charge >= 0.3 is 10.1 Å². The highest BCUT2D eigenvalue weighted by atomic mass is 32.2. The third-order valence-corrected chi connectivity index (χ3v) is 4.70. The third kappa shape index (κ3) is 3.17. The molecule has 0 heterocycles. The van der Waals surface area contributed by atoms with Crippen molar-refractivity contribution < 1.29 is 12.6 Å². The molecule has 0 aliphatic carbocycles. The van der Waals surface area contributed by atoms with Crippen LogP contribution >= 0.6 is 0 Å². The highest BCUT2D eigenvalue weighted by Gasteiger charge is 2.21. The summed E-state index contributed by atoms with van der Waals surface area (Å²) in [6.07, 6.45) is 0. The van der Waals surface area contributed by atoms with Gasteiger partial charge in [0, 0.05) is 11.4 Å². The van der Waals surface area contributed by atoms with Crippen molar-refractivity contribution in [1.29, 1.82) is 0 Å². The third-order valence-electron chi connectivity index (χ3n) is 3.49. The predicted octanol–water partition coefficient (Wildman–Crippen LogP) is 3.05. The fraction of sp³-hybridized carbons (Fsp3) is 0.250. The predicted molar refractivity (Wildman–Crippen MR) is 88.3 cm³/mol. The maximum absolute atomic E-state index is 12.5. The molecule has 2 rings (SSSR count). The van der Waals surface area contributed by atoms with Crippen molar-refractivity contribution in [1.82, 2.24) is 0 Å². The van der Waals surface area contributed by atoms with Gasteiger partial charge in [-0.2, -0.15) is 8.42 Å². The molecule has 0 bridgehead atoms. The monoisotopic (exact) mass is 320 g/mol. The summed E-state index contributed by atoms with van der Waals surface area (Å²) in [6, 6.07) is 9.77. The molecule has 2 aromatic rings. The lowest BCUT2D eigenvalue weighted by molar-refractivity contribution is 0.481. The minimum Gasteiger partial charge on any atom is -0.398 e.